The highest BCUT2D eigenvalue weighted by Crippen LogP contribution is 2.24. The summed E-state index contributed by atoms with van der Waals surface area (Å²) >= 11 is 0. The molecule has 0 N–H and O–H groups in total. The number of carbonyl (C=O) groups is 1. The lowest BCUT2D eigenvalue weighted by Crippen LogP contribution is -2.24. The van der Waals surface area contributed by atoms with Gasteiger partial charge in [-0.3, -0.25) is 9.69 Å². The Kier molecular flexibility index (Phi) is 4.36. The zero-order valence-electron chi connectivity index (χ0n) is 10.8. The largest absolute Gasteiger partial charge is 0.307 e. The summed E-state index contributed by atoms with van der Waals surface area (Å²) in [5.74, 6) is 5.28. The van der Waals surface area contributed by atoms with Crippen molar-refractivity contribution in [3.05, 3.63) is 60.7 Å². The Morgan fingerprint density at radius 3 is 1.84 bits per heavy atom. The van der Waals surface area contributed by atoms with Crippen LogP contribution in [0.2, 0.25) is 0 Å². The summed E-state index contributed by atoms with van der Waals surface area (Å²) in [5, 5.41) is 0. The summed E-state index contributed by atoms with van der Waals surface area (Å²) in [4.78, 5) is 13.9. The lowest BCUT2D eigenvalue weighted by Gasteiger charge is -2.20. The first kappa shape index (κ1) is 12.9. The van der Waals surface area contributed by atoms with Crippen molar-refractivity contribution in [3.63, 3.8) is 0 Å². The smallest absolute Gasteiger partial charge is 0.270 e. The van der Waals surface area contributed by atoms with Crippen molar-refractivity contribution in [2.24, 2.45) is 0 Å². The Hall–Kier alpha value is -2.53. The van der Waals surface area contributed by atoms with E-state index in [2.05, 4.69) is 11.8 Å². The van der Waals surface area contributed by atoms with Gasteiger partial charge in [0, 0.05) is 17.8 Å². The molecule has 2 rings (SSSR count). The maximum absolute atomic E-state index is 12.3. The molecule has 0 saturated carbocycles. The van der Waals surface area contributed by atoms with Crippen LogP contribution in [0.1, 0.15) is 13.3 Å². The van der Waals surface area contributed by atoms with Gasteiger partial charge in [0.05, 0.1) is 0 Å². The Labute approximate surface area is 113 Å². The van der Waals surface area contributed by atoms with E-state index in [0.29, 0.717) is 6.42 Å². The molecule has 0 aliphatic rings. The molecule has 2 nitrogen and oxygen atoms in total. The molecule has 2 aromatic rings. The number of carbonyl (C=O) groups excluding carboxylic acids is 1. The second-order valence-electron chi connectivity index (χ2n) is 3.97. The highest BCUT2D eigenvalue weighted by atomic mass is 16.2. The van der Waals surface area contributed by atoms with E-state index in [4.69, 9.17) is 0 Å². The summed E-state index contributed by atoms with van der Waals surface area (Å²) in [5.41, 5.74) is 1.65. The summed E-state index contributed by atoms with van der Waals surface area (Å²) in [6, 6.07) is 19.1. The van der Waals surface area contributed by atoms with Crippen molar-refractivity contribution in [2.45, 2.75) is 13.3 Å². The molecule has 0 aliphatic carbocycles. The van der Waals surface area contributed by atoms with E-state index < -0.39 is 0 Å². The van der Waals surface area contributed by atoms with Crippen molar-refractivity contribution in [2.75, 3.05) is 4.90 Å². The van der Waals surface area contributed by atoms with Gasteiger partial charge in [-0.2, -0.15) is 0 Å². The molecule has 0 aliphatic heterocycles. The van der Waals surface area contributed by atoms with Crippen LogP contribution in [0.4, 0.5) is 11.4 Å². The van der Waals surface area contributed by atoms with Crippen LogP contribution >= 0.6 is 0 Å². The third kappa shape index (κ3) is 3.23. The second-order valence-corrected chi connectivity index (χ2v) is 3.97. The van der Waals surface area contributed by atoms with Crippen LogP contribution < -0.4 is 4.90 Å². The molecule has 94 valence electrons. The molecule has 0 saturated heterocycles. The van der Waals surface area contributed by atoms with Crippen molar-refractivity contribution in [1.29, 1.82) is 0 Å². The minimum absolute atomic E-state index is 0.209. The summed E-state index contributed by atoms with van der Waals surface area (Å²) in [6.07, 6.45) is 0.670. The van der Waals surface area contributed by atoms with Gasteiger partial charge in [0.15, 0.2) is 0 Å². The van der Waals surface area contributed by atoms with E-state index in [1.54, 1.807) is 4.90 Å². The number of para-hydroxylation sites is 2. The Morgan fingerprint density at radius 2 is 1.42 bits per heavy atom. The van der Waals surface area contributed by atoms with Crippen LogP contribution in [0.15, 0.2) is 60.7 Å². The monoisotopic (exact) mass is 249 g/mol. The van der Waals surface area contributed by atoms with Crippen molar-refractivity contribution < 1.29 is 4.79 Å². The standard InChI is InChI=1S/C17H15NO/c1-2-3-14-17(19)18(15-10-6-4-7-11-15)16-12-8-5-9-13-16/h4-13H,2H2,1H3. The number of rotatable bonds is 2. The molecule has 0 unspecified atom stereocenters. The molecule has 19 heavy (non-hydrogen) atoms. The summed E-state index contributed by atoms with van der Waals surface area (Å²) < 4.78 is 0. The maximum atomic E-state index is 12.3. The lowest BCUT2D eigenvalue weighted by molar-refractivity contribution is -0.112. The second kappa shape index (κ2) is 6.42. The maximum Gasteiger partial charge on any atom is 0.307 e. The van der Waals surface area contributed by atoms with Crippen LogP contribution in [-0.2, 0) is 4.79 Å². The van der Waals surface area contributed by atoms with E-state index in [9.17, 15) is 4.79 Å². The highest BCUT2D eigenvalue weighted by Gasteiger charge is 2.15. The van der Waals surface area contributed by atoms with E-state index in [-0.39, 0.29) is 5.91 Å². The van der Waals surface area contributed by atoms with Crippen LogP contribution in [0.25, 0.3) is 0 Å². The fraction of sp³-hybridized carbons (Fsp3) is 0.118. The Bertz CT molecular complexity index is 554. The SMILES string of the molecule is CCC#CC(=O)N(c1ccccc1)c1ccccc1. The molecule has 0 fully saturated rings. The number of nitrogens with zero attached hydrogens (tertiary/aromatic N) is 1. The fourth-order valence-electron chi connectivity index (χ4n) is 1.76. The Balaban J connectivity index is 2.43. The van der Waals surface area contributed by atoms with Crippen LogP contribution in [0, 0.1) is 11.8 Å². The van der Waals surface area contributed by atoms with Gasteiger partial charge in [0.25, 0.3) is 0 Å². The van der Waals surface area contributed by atoms with Gasteiger partial charge in [-0.25, -0.2) is 0 Å². The van der Waals surface area contributed by atoms with Gasteiger partial charge in [-0.15, -0.1) is 0 Å². The quantitative estimate of drug-likeness (QED) is 0.742. The van der Waals surface area contributed by atoms with Crippen molar-refractivity contribution in [1.82, 2.24) is 0 Å². The fourth-order valence-corrected chi connectivity index (χ4v) is 1.76. The van der Waals surface area contributed by atoms with E-state index in [1.807, 2.05) is 67.6 Å². The third-order valence-corrected chi connectivity index (χ3v) is 2.60. The first-order valence-corrected chi connectivity index (χ1v) is 6.26. The number of benzene rings is 2. The predicted octanol–water partition coefficient (Wildman–Crippen LogP) is 3.76. The first-order chi connectivity index (χ1) is 9.33. The minimum Gasteiger partial charge on any atom is -0.270 e. The Morgan fingerprint density at radius 1 is 0.947 bits per heavy atom. The molecule has 0 bridgehead atoms. The molecule has 0 radical (unpaired) electrons. The molecule has 0 heterocycles. The van der Waals surface area contributed by atoms with Crippen LogP contribution in [0.5, 0.6) is 0 Å². The van der Waals surface area contributed by atoms with Gasteiger partial charge in [-0.1, -0.05) is 49.2 Å². The molecule has 0 spiro atoms. The molecule has 0 atom stereocenters. The zero-order chi connectivity index (χ0) is 13.5. The molecule has 0 aromatic heterocycles. The van der Waals surface area contributed by atoms with Crippen molar-refractivity contribution >= 4 is 17.3 Å². The molecular weight excluding hydrogens is 234 g/mol. The van der Waals surface area contributed by atoms with Gasteiger partial charge in [0.1, 0.15) is 0 Å². The predicted molar refractivity (Wildman–Crippen MR) is 78.1 cm³/mol. The van der Waals surface area contributed by atoms with E-state index in [0.717, 1.165) is 11.4 Å². The van der Waals surface area contributed by atoms with E-state index in [1.165, 1.54) is 0 Å². The summed E-state index contributed by atoms with van der Waals surface area (Å²) in [7, 11) is 0. The lowest BCUT2D eigenvalue weighted by atomic mass is 10.2. The van der Waals surface area contributed by atoms with Crippen molar-refractivity contribution in [3.8, 4) is 11.8 Å². The highest BCUT2D eigenvalue weighted by molar-refractivity contribution is 6.10. The number of hydrogen-bond acceptors (Lipinski definition) is 1. The molecule has 2 heteroatoms. The first-order valence-electron chi connectivity index (χ1n) is 6.26. The van der Waals surface area contributed by atoms with E-state index >= 15 is 0 Å². The number of anilines is 2. The average molecular weight is 249 g/mol. The van der Waals surface area contributed by atoms with Gasteiger partial charge in [-0.05, 0) is 30.2 Å². The minimum atomic E-state index is -0.209. The third-order valence-electron chi connectivity index (χ3n) is 2.60. The van der Waals surface area contributed by atoms with Crippen LogP contribution in [0.3, 0.4) is 0 Å². The molecular formula is C17H15NO. The van der Waals surface area contributed by atoms with Crippen LogP contribution in [-0.4, -0.2) is 5.91 Å². The zero-order valence-corrected chi connectivity index (χ0v) is 10.8. The molecule has 2 aromatic carbocycles. The van der Waals surface area contributed by atoms with Gasteiger partial charge < -0.3 is 0 Å². The number of amides is 1. The molecule has 1 amide bonds. The van der Waals surface area contributed by atoms with Gasteiger partial charge >= 0.3 is 5.91 Å². The topological polar surface area (TPSA) is 20.3 Å². The average Bonchev–Trinajstić information content (AvgIpc) is 2.47. The normalized spacial score (nSPS) is 9.32. The number of hydrogen-bond donors (Lipinski definition) is 0. The van der Waals surface area contributed by atoms with Gasteiger partial charge in [0.2, 0.25) is 0 Å². The summed E-state index contributed by atoms with van der Waals surface area (Å²) in [6.45, 7) is 1.93.